The maximum atomic E-state index is 5.25. The first-order chi connectivity index (χ1) is 7.79. The Balaban J connectivity index is 1.96. The lowest BCUT2D eigenvalue weighted by molar-refractivity contribution is 0.454. The van der Waals surface area contributed by atoms with Gasteiger partial charge in [-0.2, -0.15) is 0 Å². The molecule has 2 aromatic rings. The molecule has 0 unspecified atom stereocenters. The number of nitrogens with zero attached hydrogens (tertiary/aromatic N) is 3. The summed E-state index contributed by atoms with van der Waals surface area (Å²) in [5, 5.41) is 9.00. The number of anilines is 1. The molecule has 0 bridgehead atoms. The molecule has 7 heteroatoms. The van der Waals surface area contributed by atoms with Crippen LogP contribution in [-0.2, 0) is 5.75 Å². The predicted octanol–water partition coefficient (Wildman–Crippen LogP) is 2.56. The molecule has 0 aromatic carbocycles. The molecular weight excluding hydrogens is 244 g/mol. The van der Waals surface area contributed by atoms with Crippen LogP contribution in [0.3, 0.4) is 0 Å². The molecule has 0 aliphatic heterocycles. The van der Waals surface area contributed by atoms with E-state index in [4.69, 9.17) is 4.42 Å². The monoisotopic (exact) mass is 256 g/mol. The molecule has 2 heterocycles. The Hall–Kier alpha value is -1.08. The topological polar surface area (TPSA) is 63.8 Å². The molecule has 0 radical (unpaired) electrons. The first-order valence-corrected chi connectivity index (χ1v) is 6.65. The number of thioether (sulfide) groups is 1. The summed E-state index contributed by atoms with van der Waals surface area (Å²) in [5.74, 6) is 0.721. The zero-order valence-corrected chi connectivity index (χ0v) is 10.7. The van der Waals surface area contributed by atoms with Crippen molar-refractivity contribution in [1.82, 2.24) is 14.6 Å². The van der Waals surface area contributed by atoms with Crippen LogP contribution in [0.25, 0.3) is 0 Å². The fourth-order valence-electron chi connectivity index (χ4n) is 1.13. The summed E-state index contributed by atoms with van der Waals surface area (Å²) < 4.78 is 9.17. The Kier molecular flexibility index (Phi) is 3.79. The van der Waals surface area contributed by atoms with Crippen molar-refractivity contribution in [3.63, 3.8) is 0 Å². The number of hydrogen-bond acceptors (Lipinski definition) is 7. The quantitative estimate of drug-likeness (QED) is 0.829. The third-order valence-corrected chi connectivity index (χ3v) is 3.40. The van der Waals surface area contributed by atoms with Gasteiger partial charge in [0.25, 0.3) is 5.22 Å². The second-order valence-corrected chi connectivity index (χ2v) is 4.80. The average Bonchev–Trinajstić information content (AvgIpc) is 2.85. The lowest BCUT2D eigenvalue weighted by atomic mass is 10.5. The molecule has 0 aliphatic carbocycles. The summed E-state index contributed by atoms with van der Waals surface area (Å²) >= 11 is 2.90. The lowest BCUT2D eigenvalue weighted by Crippen LogP contribution is -1.97. The highest BCUT2D eigenvalue weighted by Crippen LogP contribution is 2.26. The molecule has 1 N–H and O–H groups in total. The standard InChI is InChI=1S/C9H12N4OS2/c1-3-10-8-7(12-13-16-8)5-15-9-11-6(2)4-14-9/h4,10H,3,5H2,1-2H3. The number of rotatable bonds is 5. The largest absolute Gasteiger partial charge is 0.440 e. The Labute approximate surface area is 102 Å². The zero-order chi connectivity index (χ0) is 11.4. The smallest absolute Gasteiger partial charge is 0.256 e. The summed E-state index contributed by atoms with van der Waals surface area (Å²) in [6, 6.07) is 0. The van der Waals surface area contributed by atoms with Crippen molar-refractivity contribution in [2.75, 3.05) is 11.9 Å². The second-order valence-electron chi connectivity index (χ2n) is 3.12. The van der Waals surface area contributed by atoms with E-state index in [1.54, 1.807) is 6.26 Å². The van der Waals surface area contributed by atoms with E-state index >= 15 is 0 Å². The van der Waals surface area contributed by atoms with Crippen LogP contribution in [0.5, 0.6) is 0 Å². The molecule has 2 rings (SSSR count). The molecule has 0 saturated carbocycles. The third-order valence-electron chi connectivity index (χ3n) is 1.82. The van der Waals surface area contributed by atoms with Gasteiger partial charge in [0.05, 0.1) is 11.4 Å². The van der Waals surface area contributed by atoms with Crippen LogP contribution in [0.1, 0.15) is 18.3 Å². The minimum Gasteiger partial charge on any atom is -0.440 e. The van der Waals surface area contributed by atoms with Gasteiger partial charge in [-0.05, 0) is 13.8 Å². The Morgan fingerprint density at radius 3 is 3.12 bits per heavy atom. The summed E-state index contributed by atoms with van der Waals surface area (Å²) in [7, 11) is 0. The second kappa shape index (κ2) is 5.31. The summed E-state index contributed by atoms with van der Waals surface area (Å²) in [5.41, 5.74) is 1.85. The van der Waals surface area contributed by atoms with E-state index in [9.17, 15) is 0 Å². The molecule has 0 spiro atoms. The van der Waals surface area contributed by atoms with Crippen molar-refractivity contribution in [2.24, 2.45) is 0 Å². The molecule has 0 saturated heterocycles. The molecule has 0 fully saturated rings. The van der Waals surface area contributed by atoms with Gasteiger partial charge in [0.1, 0.15) is 17.0 Å². The molecule has 0 amide bonds. The molecule has 16 heavy (non-hydrogen) atoms. The summed E-state index contributed by atoms with van der Waals surface area (Å²) in [4.78, 5) is 4.22. The van der Waals surface area contributed by atoms with Crippen molar-refractivity contribution >= 4 is 28.3 Å². The minimum atomic E-state index is 0.674. The highest BCUT2D eigenvalue weighted by atomic mass is 32.2. The number of aromatic nitrogens is 3. The summed E-state index contributed by atoms with van der Waals surface area (Å²) in [6.07, 6.45) is 1.65. The van der Waals surface area contributed by atoms with E-state index in [2.05, 4.69) is 19.9 Å². The summed E-state index contributed by atoms with van der Waals surface area (Å²) in [6.45, 7) is 4.83. The fourth-order valence-corrected chi connectivity index (χ4v) is 2.65. The van der Waals surface area contributed by atoms with Crippen LogP contribution in [0.15, 0.2) is 15.9 Å². The number of aryl methyl sites for hydroxylation is 1. The number of nitrogens with one attached hydrogen (secondary N) is 1. The SMILES string of the molecule is CCNc1snnc1CSc1nc(C)co1. The van der Waals surface area contributed by atoms with Gasteiger partial charge in [-0.25, -0.2) is 4.98 Å². The van der Waals surface area contributed by atoms with Gasteiger partial charge in [0.15, 0.2) is 0 Å². The first-order valence-electron chi connectivity index (χ1n) is 4.89. The Bertz CT molecular complexity index is 454. The van der Waals surface area contributed by atoms with Crippen LogP contribution in [0.2, 0.25) is 0 Å². The fraction of sp³-hybridized carbons (Fsp3) is 0.444. The molecule has 0 aliphatic rings. The van der Waals surface area contributed by atoms with Gasteiger partial charge >= 0.3 is 0 Å². The van der Waals surface area contributed by atoms with Gasteiger partial charge < -0.3 is 9.73 Å². The number of oxazole rings is 1. The molecule has 0 atom stereocenters. The van der Waals surface area contributed by atoms with Crippen LogP contribution in [-0.4, -0.2) is 21.1 Å². The van der Waals surface area contributed by atoms with E-state index in [0.29, 0.717) is 5.22 Å². The Morgan fingerprint density at radius 2 is 2.44 bits per heavy atom. The van der Waals surface area contributed by atoms with E-state index in [0.717, 1.165) is 28.7 Å². The van der Waals surface area contributed by atoms with Gasteiger partial charge in [-0.1, -0.05) is 16.3 Å². The van der Waals surface area contributed by atoms with E-state index < -0.39 is 0 Å². The highest BCUT2D eigenvalue weighted by Gasteiger charge is 2.09. The van der Waals surface area contributed by atoms with Gasteiger partial charge in [-0.3, -0.25) is 0 Å². The van der Waals surface area contributed by atoms with Crippen LogP contribution < -0.4 is 5.32 Å². The van der Waals surface area contributed by atoms with E-state index in [1.807, 2.05) is 13.8 Å². The zero-order valence-electron chi connectivity index (χ0n) is 9.06. The van der Waals surface area contributed by atoms with Gasteiger partial charge in [0.2, 0.25) is 0 Å². The number of hydrogen-bond donors (Lipinski definition) is 1. The normalized spacial score (nSPS) is 10.6. The maximum Gasteiger partial charge on any atom is 0.256 e. The molecular formula is C9H12N4OS2. The van der Waals surface area contributed by atoms with E-state index in [1.165, 1.54) is 23.3 Å². The predicted molar refractivity (Wildman–Crippen MR) is 64.9 cm³/mol. The van der Waals surface area contributed by atoms with Crippen molar-refractivity contribution < 1.29 is 4.42 Å². The van der Waals surface area contributed by atoms with Gasteiger partial charge in [0, 0.05) is 18.1 Å². The molecule has 86 valence electrons. The van der Waals surface area contributed by atoms with Gasteiger partial charge in [-0.15, -0.1) is 5.10 Å². The highest BCUT2D eigenvalue weighted by molar-refractivity contribution is 7.98. The Morgan fingerprint density at radius 1 is 1.56 bits per heavy atom. The average molecular weight is 256 g/mol. The molecule has 2 aromatic heterocycles. The maximum absolute atomic E-state index is 5.25. The van der Waals surface area contributed by atoms with Crippen molar-refractivity contribution in [1.29, 1.82) is 0 Å². The van der Waals surface area contributed by atoms with Crippen LogP contribution in [0.4, 0.5) is 5.00 Å². The van der Waals surface area contributed by atoms with Crippen molar-refractivity contribution in [2.45, 2.75) is 24.8 Å². The van der Waals surface area contributed by atoms with Crippen molar-refractivity contribution in [3.05, 3.63) is 17.7 Å². The minimum absolute atomic E-state index is 0.674. The van der Waals surface area contributed by atoms with Crippen molar-refractivity contribution in [3.8, 4) is 0 Å². The van der Waals surface area contributed by atoms with Crippen LogP contribution >= 0.6 is 23.3 Å². The lowest BCUT2D eigenvalue weighted by Gasteiger charge is -1.99. The van der Waals surface area contributed by atoms with E-state index in [-0.39, 0.29) is 0 Å². The third kappa shape index (κ3) is 2.73. The molecule has 5 nitrogen and oxygen atoms in total. The van der Waals surface area contributed by atoms with Crippen LogP contribution in [0, 0.1) is 6.92 Å². The first kappa shape index (κ1) is 11.4.